The molecular formula is C20H17N3O2S2. The van der Waals surface area contributed by atoms with E-state index in [0.29, 0.717) is 18.9 Å². The van der Waals surface area contributed by atoms with Gasteiger partial charge in [-0.15, -0.1) is 11.3 Å². The number of carbonyl (C=O) groups excluding carboxylic acids is 1. The standard InChI is InChI=1S/C20H17N3O2S2/c24-18(13-26-20-23-15-7-1-2-9-17(15)27-20)21-11-12-25-16-8-3-5-14-6-4-10-22-19(14)16/h1-10H,11-13H2,(H,21,24). The summed E-state index contributed by atoms with van der Waals surface area (Å²) in [7, 11) is 0. The first-order valence-electron chi connectivity index (χ1n) is 8.51. The minimum atomic E-state index is -0.0288. The van der Waals surface area contributed by atoms with E-state index in [1.54, 1.807) is 17.5 Å². The maximum atomic E-state index is 12.0. The molecule has 4 aromatic rings. The first-order valence-corrected chi connectivity index (χ1v) is 10.3. The van der Waals surface area contributed by atoms with E-state index in [2.05, 4.69) is 15.3 Å². The number of fused-ring (bicyclic) bond motifs is 2. The fourth-order valence-electron chi connectivity index (χ4n) is 2.64. The number of nitrogens with one attached hydrogen (secondary N) is 1. The molecule has 0 unspecified atom stereocenters. The number of aromatic nitrogens is 2. The van der Waals surface area contributed by atoms with Crippen LogP contribution in [0.5, 0.6) is 5.75 Å². The number of nitrogens with zero attached hydrogens (tertiary/aromatic N) is 2. The Morgan fingerprint density at radius 1 is 1.11 bits per heavy atom. The summed E-state index contributed by atoms with van der Waals surface area (Å²) in [5.74, 6) is 1.04. The third-order valence-electron chi connectivity index (χ3n) is 3.88. The molecule has 2 heterocycles. The van der Waals surface area contributed by atoms with Crippen molar-refractivity contribution in [2.75, 3.05) is 18.9 Å². The van der Waals surface area contributed by atoms with Crippen LogP contribution in [0.25, 0.3) is 21.1 Å². The van der Waals surface area contributed by atoms with E-state index in [9.17, 15) is 4.79 Å². The highest BCUT2D eigenvalue weighted by Gasteiger charge is 2.08. The van der Waals surface area contributed by atoms with Crippen molar-refractivity contribution in [3.63, 3.8) is 0 Å². The Bertz CT molecular complexity index is 1040. The number of thiazole rings is 1. The molecule has 0 aliphatic rings. The van der Waals surface area contributed by atoms with E-state index in [-0.39, 0.29) is 5.91 Å². The average Bonchev–Trinajstić information content (AvgIpc) is 3.13. The van der Waals surface area contributed by atoms with E-state index in [4.69, 9.17) is 4.74 Å². The second kappa shape index (κ2) is 8.37. The van der Waals surface area contributed by atoms with Crippen LogP contribution >= 0.6 is 23.1 Å². The van der Waals surface area contributed by atoms with Gasteiger partial charge in [0, 0.05) is 11.6 Å². The van der Waals surface area contributed by atoms with Gasteiger partial charge in [0.25, 0.3) is 0 Å². The zero-order valence-electron chi connectivity index (χ0n) is 14.4. The van der Waals surface area contributed by atoms with Crippen molar-refractivity contribution in [1.82, 2.24) is 15.3 Å². The number of para-hydroxylation sites is 2. The van der Waals surface area contributed by atoms with Gasteiger partial charge in [0.1, 0.15) is 17.9 Å². The van der Waals surface area contributed by atoms with Gasteiger partial charge < -0.3 is 10.1 Å². The zero-order chi connectivity index (χ0) is 18.5. The van der Waals surface area contributed by atoms with Gasteiger partial charge in [-0.25, -0.2) is 4.98 Å². The molecule has 136 valence electrons. The molecule has 1 amide bonds. The second-order valence-corrected chi connectivity index (χ2v) is 8.02. The number of carbonyl (C=O) groups is 1. The lowest BCUT2D eigenvalue weighted by Crippen LogP contribution is -2.29. The lowest BCUT2D eigenvalue weighted by Gasteiger charge is -2.09. The van der Waals surface area contributed by atoms with E-state index in [1.165, 1.54) is 11.8 Å². The van der Waals surface area contributed by atoms with E-state index in [0.717, 1.165) is 31.2 Å². The molecule has 5 nitrogen and oxygen atoms in total. The molecule has 0 atom stereocenters. The smallest absolute Gasteiger partial charge is 0.230 e. The SMILES string of the molecule is O=C(CSc1nc2ccccc2s1)NCCOc1cccc2cccnc12. The number of hydrogen-bond donors (Lipinski definition) is 1. The van der Waals surface area contributed by atoms with Crippen molar-refractivity contribution in [3.8, 4) is 5.75 Å². The van der Waals surface area contributed by atoms with Crippen LogP contribution in [0, 0.1) is 0 Å². The molecule has 2 aromatic heterocycles. The highest BCUT2D eigenvalue weighted by Crippen LogP contribution is 2.29. The molecule has 7 heteroatoms. The summed E-state index contributed by atoms with van der Waals surface area (Å²) in [6.07, 6.45) is 1.75. The maximum Gasteiger partial charge on any atom is 0.230 e. The molecule has 0 saturated heterocycles. The largest absolute Gasteiger partial charge is 0.489 e. The van der Waals surface area contributed by atoms with Crippen molar-refractivity contribution in [1.29, 1.82) is 0 Å². The van der Waals surface area contributed by atoms with Crippen LogP contribution in [0.2, 0.25) is 0 Å². The molecule has 0 saturated carbocycles. The zero-order valence-corrected chi connectivity index (χ0v) is 16.1. The minimum absolute atomic E-state index is 0.0288. The first-order chi connectivity index (χ1) is 13.3. The lowest BCUT2D eigenvalue weighted by atomic mass is 10.2. The monoisotopic (exact) mass is 395 g/mol. The molecule has 0 fully saturated rings. The van der Waals surface area contributed by atoms with Crippen LogP contribution in [0.4, 0.5) is 0 Å². The third-order valence-corrected chi connectivity index (χ3v) is 6.06. The predicted molar refractivity (Wildman–Crippen MR) is 111 cm³/mol. The Labute approximate surface area is 164 Å². The Balaban J connectivity index is 1.23. The highest BCUT2D eigenvalue weighted by molar-refractivity contribution is 8.01. The number of thioether (sulfide) groups is 1. The predicted octanol–water partition coefficient (Wildman–Crippen LogP) is 4.13. The normalized spacial score (nSPS) is 11.0. The van der Waals surface area contributed by atoms with E-state index < -0.39 is 0 Å². The molecule has 2 aromatic carbocycles. The average molecular weight is 396 g/mol. The van der Waals surface area contributed by atoms with Gasteiger partial charge >= 0.3 is 0 Å². The lowest BCUT2D eigenvalue weighted by molar-refractivity contribution is -0.118. The van der Waals surface area contributed by atoms with Gasteiger partial charge in [-0.2, -0.15) is 0 Å². The summed E-state index contributed by atoms with van der Waals surface area (Å²) in [6, 6.07) is 17.7. The van der Waals surface area contributed by atoms with Crippen LogP contribution in [-0.2, 0) is 4.79 Å². The quantitative estimate of drug-likeness (QED) is 0.376. The summed E-state index contributed by atoms with van der Waals surface area (Å²) < 4.78 is 7.82. The number of hydrogen-bond acceptors (Lipinski definition) is 6. The van der Waals surface area contributed by atoms with Crippen LogP contribution in [0.1, 0.15) is 0 Å². The molecular weight excluding hydrogens is 378 g/mol. The summed E-state index contributed by atoms with van der Waals surface area (Å²) in [5.41, 5.74) is 1.81. The Morgan fingerprint density at radius 3 is 2.93 bits per heavy atom. The van der Waals surface area contributed by atoms with Crippen molar-refractivity contribution in [2.45, 2.75) is 4.34 Å². The number of benzene rings is 2. The number of pyridine rings is 1. The van der Waals surface area contributed by atoms with Crippen molar-refractivity contribution in [2.24, 2.45) is 0 Å². The minimum Gasteiger partial charge on any atom is -0.489 e. The van der Waals surface area contributed by atoms with Crippen molar-refractivity contribution >= 4 is 50.1 Å². The Kier molecular flexibility index (Phi) is 5.50. The van der Waals surface area contributed by atoms with Gasteiger partial charge in [0.15, 0.2) is 4.34 Å². The van der Waals surface area contributed by atoms with Crippen molar-refractivity contribution in [3.05, 3.63) is 60.8 Å². The first kappa shape index (κ1) is 17.8. The maximum absolute atomic E-state index is 12.0. The topological polar surface area (TPSA) is 64.1 Å². The Hall–Kier alpha value is -2.64. The van der Waals surface area contributed by atoms with Crippen LogP contribution in [0.15, 0.2) is 65.1 Å². The molecule has 0 radical (unpaired) electrons. The molecule has 1 N–H and O–H groups in total. The highest BCUT2D eigenvalue weighted by atomic mass is 32.2. The third kappa shape index (κ3) is 4.37. The molecule has 0 bridgehead atoms. The van der Waals surface area contributed by atoms with Crippen LogP contribution < -0.4 is 10.1 Å². The number of ether oxygens (including phenoxy) is 1. The van der Waals surface area contributed by atoms with Gasteiger partial charge in [-0.05, 0) is 24.3 Å². The fraction of sp³-hybridized carbons (Fsp3) is 0.150. The Morgan fingerprint density at radius 2 is 2.00 bits per heavy atom. The molecule has 0 aliphatic heterocycles. The summed E-state index contributed by atoms with van der Waals surface area (Å²) in [4.78, 5) is 20.9. The van der Waals surface area contributed by atoms with Gasteiger partial charge in [-0.1, -0.05) is 42.1 Å². The van der Waals surface area contributed by atoms with E-state index in [1.807, 2.05) is 54.6 Å². The molecule has 0 aliphatic carbocycles. The van der Waals surface area contributed by atoms with Crippen LogP contribution in [-0.4, -0.2) is 34.8 Å². The van der Waals surface area contributed by atoms with Crippen LogP contribution in [0.3, 0.4) is 0 Å². The summed E-state index contributed by atoms with van der Waals surface area (Å²) in [6.45, 7) is 0.843. The molecule has 4 rings (SSSR count). The fourth-order valence-corrected chi connectivity index (χ4v) is 4.53. The molecule has 0 spiro atoms. The number of rotatable bonds is 7. The van der Waals surface area contributed by atoms with E-state index >= 15 is 0 Å². The molecule has 27 heavy (non-hydrogen) atoms. The van der Waals surface area contributed by atoms with Crippen molar-refractivity contribution < 1.29 is 9.53 Å². The van der Waals surface area contributed by atoms with Gasteiger partial charge in [0.05, 0.1) is 22.5 Å². The summed E-state index contributed by atoms with van der Waals surface area (Å²) in [5, 5.41) is 3.91. The number of amides is 1. The summed E-state index contributed by atoms with van der Waals surface area (Å²) >= 11 is 3.06. The van der Waals surface area contributed by atoms with Gasteiger partial charge in [0.2, 0.25) is 5.91 Å². The van der Waals surface area contributed by atoms with Gasteiger partial charge in [-0.3, -0.25) is 9.78 Å². The second-order valence-electron chi connectivity index (χ2n) is 5.77.